The van der Waals surface area contributed by atoms with Crippen molar-refractivity contribution >= 4 is 12.0 Å². The smallest absolute Gasteiger partial charge is 0.329 e. The molecule has 2 atom stereocenters. The summed E-state index contributed by atoms with van der Waals surface area (Å²) in [5.41, 5.74) is 4.06. The number of primary amides is 1. The number of carboxylic acid groups (broad SMARTS) is 1. The second-order valence-corrected chi connectivity index (χ2v) is 4.03. The Morgan fingerprint density at radius 2 is 2.14 bits per heavy atom. The average molecular weight is 200 g/mol. The van der Waals surface area contributed by atoms with Crippen molar-refractivity contribution in [3.05, 3.63) is 0 Å². The minimum Gasteiger partial charge on any atom is -0.480 e. The maximum absolute atomic E-state index is 11.2. The molecule has 1 fully saturated rings. The fourth-order valence-corrected chi connectivity index (χ4v) is 2.15. The van der Waals surface area contributed by atoms with Crippen LogP contribution in [0.3, 0.4) is 0 Å². The molecule has 2 unspecified atom stereocenters. The molecule has 14 heavy (non-hydrogen) atoms. The Balaban J connectivity index is 3.01. The van der Waals surface area contributed by atoms with E-state index >= 15 is 0 Å². The molecule has 5 nitrogen and oxygen atoms in total. The van der Waals surface area contributed by atoms with Crippen LogP contribution in [0.1, 0.15) is 33.1 Å². The topological polar surface area (TPSA) is 83.6 Å². The first-order chi connectivity index (χ1) is 6.39. The number of carboxylic acids is 1. The van der Waals surface area contributed by atoms with Crippen LogP contribution in [-0.4, -0.2) is 33.6 Å². The quantitative estimate of drug-likeness (QED) is 0.656. The van der Waals surface area contributed by atoms with Gasteiger partial charge >= 0.3 is 12.0 Å². The van der Waals surface area contributed by atoms with Crippen molar-refractivity contribution < 1.29 is 14.7 Å². The predicted octanol–water partition coefficient (Wildman–Crippen LogP) is 0.783. The van der Waals surface area contributed by atoms with Crippen LogP contribution < -0.4 is 5.73 Å². The fraction of sp³-hybridized carbons (Fsp3) is 0.778. The summed E-state index contributed by atoms with van der Waals surface area (Å²) in [6.45, 7) is 3.38. The largest absolute Gasteiger partial charge is 0.480 e. The van der Waals surface area contributed by atoms with E-state index in [1.807, 2.05) is 6.92 Å². The third-order valence-corrected chi connectivity index (χ3v) is 2.96. The first-order valence-electron chi connectivity index (χ1n) is 4.72. The molecular weight excluding hydrogens is 184 g/mol. The summed E-state index contributed by atoms with van der Waals surface area (Å²) in [5.74, 6) is -0.983. The van der Waals surface area contributed by atoms with Crippen molar-refractivity contribution in [1.82, 2.24) is 4.90 Å². The van der Waals surface area contributed by atoms with Gasteiger partial charge in [-0.2, -0.15) is 0 Å². The third kappa shape index (κ3) is 1.54. The number of carbonyl (C=O) groups is 2. The van der Waals surface area contributed by atoms with Crippen molar-refractivity contribution in [3.8, 4) is 0 Å². The monoisotopic (exact) mass is 200 g/mol. The van der Waals surface area contributed by atoms with E-state index in [0.717, 1.165) is 12.8 Å². The molecule has 5 heteroatoms. The molecule has 0 aromatic carbocycles. The predicted molar refractivity (Wildman–Crippen MR) is 50.8 cm³/mol. The van der Waals surface area contributed by atoms with E-state index in [9.17, 15) is 9.59 Å². The lowest BCUT2D eigenvalue weighted by molar-refractivity contribution is -0.152. The second-order valence-electron chi connectivity index (χ2n) is 4.03. The van der Waals surface area contributed by atoms with E-state index in [1.54, 1.807) is 6.92 Å². The van der Waals surface area contributed by atoms with Crippen molar-refractivity contribution in [2.24, 2.45) is 5.73 Å². The number of piperidine rings is 1. The fourth-order valence-electron chi connectivity index (χ4n) is 2.15. The molecule has 80 valence electrons. The summed E-state index contributed by atoms with van der Waals surface area (Å²) in [6, 6.07) is -0.746. The van der Waals surface area contributed by atoms with Gasteiger partial charge in [0.1, 0.15) is 5.54 Å². The van der Waals surface area contributed by atoms with E-state index in [2.05, 4.69) is 0 Å². The molecule has 3 N–H and O–H groups in total. The average Bonchev–Trinajstić information content (AvgIpc) is 2.02. The molecule has 1 rings (SSSR count). The van der Waals surface area contributed by atoms with Crippen LogP contribution in [0, 0.1) is 0 Å². The zero-order valence-electron chi connectivity index (χ0n) is 8.49. The maximum atomic E-state index is 11.2. The Bertz CT molecular complexity index is 267. The minimum absolute atomic E-state index is 0.0950. The van der Waals surface area contributed by atoms with Crippen LogP contribution in [0.2, 0.25) is 0 Å². The van der Waals surface area contributed by atoms with Crippen LogP contribution in [0.4, 0.5) is 4.79 Å². The number of carbonyl (C=O) groups excluding carboxylic acids is 1. The normalized spacial score (nSPS) is 32.7. The Labute approximate surface area is 82.9 Å². The van der Waals surface area contributed by atoms with Crippen molar-refractivity contribution in [3.63, 3.8) is 0 Å². The molecule has 1 aliphatic rings. The standard InChI is InChI=1S/C9H16N2O3/c1-6-4-3-5-9(2,7(12)13)11(6)8(10)14/h6H,3-5H2,1-2H3,(H2,10,14)(H,12,13). The van der Waals surface area contributed by atoms with Crippen LogP contribution in [0.15, 0.2) is 0 Å². The van der Waals surface area contributed by atoms with Gasteiger partial charge in [-0.1, -0.05) is 0 Å². The lowest BCUT2D eigenvalue weighted by atomic mass is 9.85. The van der Waals surface area contributed by atoms with Gasteiger partial charge in [0.25, 0.3) is 0 Å². The number of rotatable bonds is 1. The highest BCUT2D eigenvalue weighted by Crippen LogP contribution is 2.31. The zero-order valence-corrected chi connectivity index (χ0v) is 8.49. The molecule has 0 bridgehead atoms. The molecule has 0 saturated carbocycles. The van der Waals surface area contributed by atoms with Crippen LogP contribution in [-0.2, 0) is 4.79 Å². The number of hydrogen-bond acceptors (Lipinski definition) is 2. The van der Waals surface area contributed by atoms with Gasteiger partial charge in [-0.15, -0.1) is 0 Å². The Hall–Kier alpha value is -1.26. The van der Waals surface area contributed by atoms with Crippen LogP contribution in [0.5, 0.6) is 0 Å². The van der Waals surface area contributed by atoms with Gasteiger partial charge in [0.2, 0.25) is 0 Å². The number of nitrogens with zero attached hydrogens (tertiary/aromatic N) is 1. The Morgan fingerprint density at radius 1 is 1.57 bits per heavy atom. The molecule has 0 aromatic heterocycles. The van der Waals surface area contributed by atoms with E-state index in [4.69, 9.17) is 10.8 Å². The third-order valence-electron chi connectivity index (χ3n) is 2.96. The highest BCUT2D eigenvalue weighted by molar-refractivity contribution is 5.85. The van der Waals surface area contributed by atoms with Gasteiger partial charge in [0.05, 0.1) is 0 Å². The summed E-state index contributed by atoms with van der Waals surface area (Å²) in [7, 11) is 0. The Kier molecular flexibility index (Phi) is 2.69. The lowest BCUT2D eigenvalue weighted by Gasteiger charge is -2.44. The molecule has 2 amide bonds. The van der Waals surface area contributed by atoms with E-state index in [-0.39, 0.29) is 6.04 Å². The molecule has 0 aliphatic carbocycles. The number of nitrogens with two attached hydrogens (primary N) is 1. The van der Waals surface area contributed by atoms with Crippen molar-refractivity contribution in [2.75, 3.05) is 0 Å². The van der Waals surface area contributed by atoms with Gasteiger partial charge in [0.15, 0.2) is 0 Å². The number of likely N-dealkylation sites (tertiary alicyclic amines) is 1. The highest BCUT2D eigenvalue weighted by atomic mass is 16.4. The van der Waals surface area contributed by atoms with E-state index in [0.29, 0.717) is 6.42 Å². The molecular formula is C9H16N2O3. The molecule has 1 aliphatic heterocycles. The molecule has 0 spiro atoms. The Morgan fingerprint density at radius 3 is 2.50 bits per heavy atom. The van der Waals surface area contributed by atoms with E-state index in [1.165, 1.54) is 4.90 Å². The summed E-state index contributed by atoms with van der Waals surface area (Å²) in [6.07, 6.45) is 2.09. The van der Waals surface area contributed by atoms with Gasteiger partial charge in [-0.25, -0.2) is 9.59 Å². The molecule has 1 saturated heterocycles. The van der Waals surface area contributed by atoms with Gasteiger partial charge < -0.3 is 15.7 Å². The summed E-state index contributed by atoms with van der Waals surface area (Å²) >= 11 is 0. The minimum atomic E-state index is -1.14. The molecule has 0 aromatic rings. The first kappa shape index (κ1) is 10.8. The van der Waals surface area contributed by atoms with Gasteiger partial charge in [-0.3, -0.25) is 0 Å². The number of hydrogen-bond donors (Lipinski definition) is 2. The van der Waals surface area contributed by atoms with Gasteiger partial charge in [-0.05, 0) is 33.1 Å². The second kappa shape index (κ2) is 3.48. The first-order valence-corrected chi connectivity index (χ1v) is 4.72. The van der Waals surface area contributed by atoms with Gasteiger partial charge in [0, 0.05) is 6.04 Å². The summed E-state index contributed by atoms with van der Waals surface area (Å²) < 4.78 is 0. The maximum Gasteiger partial charge on any atom is 0.329 e. The van der Waals surface area contributed by atoms with E-state index < -0.39 is 17.5 Å². The molecule has 1 heterocycles. The summed E-state index contributed by atoms with van der Waals surface area (Å²) in [4.78, 5) is 23.5. The summed E-state index contributed by atoms with van der Waals surface area (Å²) in [5, 5.41) is 9.09. The SMILES string of the molecule is CC1CCCC(C)(C(=O)O)N1C(N)=O. The number of aliphatic carboxylic acids is 1. The van der Waals surface area contributed by atoms with Crippen LogP contribution >= 0.6 is 0 Å². The van der Waals surface area contributed by atoms with Crippen molar-refractivity contribution in [2.45, 2.75) is 44.7 Å². The van der Waals surface area contributed by atoms with Crippen LogP contribution in [0.25, 0.3) is 0 Å². The molecule has 0 radical (unpaired) electrons. The zero-order chi connectivity index (χ0) is 10.9. The number of amides is 2. The highest BCUT2D eigenvalue weighted by Gasteiger charge is 2.46. The van der Waals surface area contributed by atoms with Crippen molar-refractivity contribution in [1.29, 1.82) is 0 Å². The number of urea groups is 1. The lowest BCUT2D eigenvalue weighted by Crippen LogP contribution is -2.62.